The number of ether oxygens (including phenoxy) is 1. The van der Waals surface area contributed by atoms with Gasteiger partial charge in [0.2, 0.25) is 0 Å². The van der Waals surface area contributed by atoms with Gasteiger partial charge in [-0.25, -0.2) is 4.79 Å². The van der Waals surface area contributed by atoms with Gasteiger partial charge in [0, 0.05) is 32.0 Å². The summed E-state index contributed by atoms with van der Waals surface area (Å²) in [4.78, 5) is 12.7. The maximum Gasteiger partial charge on any atom is 0.328 e. The lowest BCUT2D eigenvalue weighted by Crippen LogP contribution is -2.27. The molecule has 0 aliphatic heterocycles. The van der Waals surface area contributed by atoms with Crippen molar-refractivity contribution in [2.24, 2.45) is 0 Å². The van der Waals surface area contributed by atoms with E-state index in [-0.39, 0.29) is 0 Å². The molecule has 0 radical (unpaired) electrons. The molecule has 1 N–H and O–H groups in total. The number of carboxylic acid groups (broad SMARTS) is 1. The third-order valence-corrected chi connectivity index (χ3v) is 2.63. The quantitative estimate of drug-likeness (QED) is 0.753. The van der Waals surface area contributed by atoms with Crippen molar-refractivity contribution in [1.82, 2.24) is 0 Å². The summed E-state index contributed by atoms with van der Waals surface area (Å²) in [6.45, 7) is 4.34. The lowest BCUT2D eigenvalue weighted by Gasteiger charge is -2.24. The van der Waals surface area contributed by atoms with E-state index in [9.17, 15) is 4.79 Å². The van der Waals surface area contributed by atoms with Crippen LogP contribution < -0.4 is 4.90 Å². The zero-order valence-electron chi connectivity index (χ0n) is 10.8. The van der Waals surface area contributed by atoms with Gasteiger partial charge in [0.05, 0.1) is 6.61 Å². The van der Waals surface area contributed by atoms with E-state index in [0.29, 0.717) is 6.61 Å². The van der Waals surface area contributed by atoms with Crippen molar-refractivity contribution >= 4 is 17.7 Å². The predicted octanol–water partition coefficient (Wildman–Crippen LogP) is 2.26. The number of aliphatic carboxylic acids is 1. The van der Waals surface area contributed by atoms with Crippen LogP contribution in [0.5, 0.6) is 0 Å². The van der Waals surface area contributed by atoms with Crippen LogP contribution in [0.25, 0.3) is 6.08 Å². The van der Waals surface area contributed by atoms with Crippen molar-refractivity contribution < 1.29 is 14.6 Å². The summed E-state index contributed by atoms with van der Waals surface area (Å²) in [5.41, 5.74) is 1.92. The van der Waals surface area contributed by atoms with E-state index < -0.39 is 5.97 Å². The molecule has 0 unspecified atom stereocenters. The highest BCUT2D eigenvalue weighted by molar-refractivity contribution is 5.87. The van der Waals surface area contributed by atoms with Gasteiger partial charge in [-0.15, -0.1) is 0 Å². The van der Waals surface area contributed by atoms with E-state index in [4.69, 9.17) is 9.84 Å². The Morgan fingerprint density at radius 2 is 2.17 bits per heavy atom. The van der Waals surface area contributed by atoms with Crippen LogP contribution in [0.1, 0.15) is 12.5 Å². The Kier molecular flexibility index (Phi) is 5.94. The van der Waals surface area contributed by atoms with E-state index >= 15 is 0 Å². The van der Waals surface area contributed by atoms with Crippen molar-refractivity contribution in [1.29, 1.82) is 0 Å². The molecule has 1 aromatic rings. The van der Waals surface area contributed by atoms with Gasteiger partial charge in [-0.3, -0.25) is 0 Å². The van der Waals surface area contributed by atoms with Gasteiger partial charge in [0.25, 0.3) is 0 Å². The zero-order chi connectivity index (χ0) is 13.4. The third-order valence-electron chi connectivity index (χ3n) is 2.63. The van der Waals surface area contributed by atoms with Crippen molar-refractivity contribution in [3.8, 4) is 0 Å². The molecular formula is C14H19NO3. The normalized spacial score (nSPS) is 10.8. The van der Waals surface area contributed by atoms with Crippen LogP contribution in [0.4, 0.5) is 5.69 Å². The summed E-state index contributed by atoms with van der Waals surface area (Å²) in [5, 5.41) is 8.68. The lowest BCUT2D eigenvalue weighted by molar-refractivity contribution is -0.131. The number of methoxy groups -OCH3 is 1. The van der Waals surface area contributed by atoms with Gasteiger partial charge in [0.15, 0.2) is 0 Å². The Balaban J connectivity index is 2.95. The molecule has 0 saturated heterocycles. The summed E-state index contributed by atoms with van der Waals surface area (Å²) in [7, 11) is 1.67. The topological polar surface area (TPSA) is 49.8 Å². The molecule has 4 heteroatoms. The number of nitrogens with zero attached hydrogens (tertiary/aromatic N) is 1. The second-order valence-electron chi connectivity index (χ2n) is 3.80. The van der Waals surface area contributed by atoms with Crippen molar-refractivity contribution in [2.75, 3.05) is 31.7 Å². The maximum atomic E-state index is 10.6. The molecule has 0 spiro atoms. The molecule has 0 fully saturated rings. The minimum absolute atomic E-state index is 0.644. The number of hydrogen-bond acceptors (Lipinski definition) is 3. The summed E-state index contributed by atoms with van der Waals surface area (Å²) < 4.78 is 5.08. The van der Waals surface area contributed by atoms with Gasteiger partial charge < -0.3 is 14.7 Å². The van der Waals surface area contributed by atoms with Crippen LogP contribution in [0.2, 0.25) is 0 Å². The second-order valence-corrected chi connectivity index (χ2v) is 3.80. The van der Waals surface area contributed by atoms with E-state index in [0.717, 1.165) is 30.4 Å². The molecule has 0 saturated carbocycles. The first-order valence-electron chi connectivity index (χ1n) is 5.93. The monoisotopic (exact) mass is 249 g/mol. The molecule has 98 valence electrons. The van der Waals surface area contributed by atoms with Crippen LogP contribution >= 0.6 is 0 Å². The molecule has 0 aliphatic rings. The van der Waals surface area contributed by atoms with Gasteiger partial charge in [-0.1, -0.05) is 18.2 Å². The molecule has 4 nitrogen and oxygen atoms in total. The number of anilines is 1. The fourth-order valence-corrected chi connectivity index (χ4v) is 1.73. The van der Waals surface area contributed by atoms with E-state index in [1.165, 1.54) is 0 Å². The Hall–Kier alpha value is -1.81. The smallest absolute Gasteiger partial charge is 0.328 e. The van der Waals surface area contributed by atoms with Crippen molar-refractivity contribution in [2.45, 2.75) is 6.92 Å². The Labute approximate surface area is 107 Å². The van der Waals surface area contributed by atoms with Gasteiger partial charge in [-0.2, -0.15) is 0 Å². The Bertz CT molecular complexity index is 415. The highest BCUT2D eigenvalue weighted by Gasteiger charge is 2.07. The summed E-state index contributed by atoms with van der Waals surface area (Å²) in [5.74, 6) is -0.940. The summed E-state index contributed by atoms with van der Waals surface area (Å²) in [6.07, 6.45) is 2.77. The number of carbonyl (C=O) groups is 1. The number of hydrogen-bond donors (Lipinski definition) is 1. The summed E-state index contributed by atoms with van der Waals surface area (Å²) >= 11 is 0. The van der Waals surface area contributed by atoms with E-state index in [2.05, 4.69) is 11.8 Å². The molecule has 0 atom stereocenters. The number of para-hydroxylation sites is 1. The highest BCUT2D eigenvalue weighted by atomic mass is 16.5. The van der Waals surface area contributed by atoms with Crippen LogP contribution in [0.15, 0.2) is 30.3 Å². The number of carboxylic acids is 1. The Morgan fingerprint density at radius 3 is 2.78 bits per heavy atom. The first-order valence-corrected chi connectivity index (χ1v) is 5.93. The minimum Gasteiger partial charge on any atom is -0.478 e. The molecule has 1 rings (SSSR count). The van der Waals surface area contributed by atoms with Crippen LogP contribution in [-0.4, -0.2) is 37.9 Å². The van der Waals surface area contributed by atoms with Crippen LogP contribution in [-0.2, 0) is 9.53 Å². The third kappa shape index (κ3) is 4.22. The van der Waals surface area contributed by atoms with Crippen LogP contribution in [0.3, 0.4) is 0 Å². The maximum absolute atomic E-state index is 10.6. The molecule has 18 heavy (non-hydrogen) atoms. The largest absolute Gasteiger partial charge is 0.478 e. The molecule has 0 amide bonds. The fraction of sp³-hybridized carbons (Fsp3) is 0.357. The standard InChI is InChI=1S/C14H19NO3/c1-3-15(10-11-18-2)13-7-5-4-6-12(13)8-9-14(16)17/h4-9H,3,10-11H2,1-2H3,(H,16,17)/b9-8+. The van der Waals surface area contributed by atoms with Crippen molar-refractivity contribution in [3.05, 3.63) is 35.9 Å². The van der Waals surface area contributed by atoms with Gasteiger partial charge in [0.1, 0.15) is 0 Å². The molecule has 0 aromatic heterocycles. The molecule has 0 aliphatic carbocycles. The predicted molar refractivity (Wildman–Crippen MR) is 72.9 cm³/mol. The highest BCUT2D eigenvalue weighted by Crippen LogP contribution is 2.21. The number of benzene rings is 1. The fourth-order valence-electron chi connectivity index (χ4n) is 1.73. The Morgan fingerprint density at radius 1 is 1.44 bits per heavy atom. The molecule has 1 aromatic carbocycles. The number of rotatable bonds is 7. The lowest BCUT2D eigenvalue weighted by atomic mass is 10.1. The second kappa shape index (κ2) is 7.50. The summed E-state index contributed by atoms with van der Waals surface area (Å²) in [6, 6.07) is 7.74. The van der Waals surface area contributed by atoms with Crippen molar-refractivity contribution in [3.63, 3.8) is 0 Å². The average molecular weight is 249 g/mol. The zero-order valence-corrected chi connectivity index (χ0v) is 10.8. The van der Waals surface area contributed by atoms with Gasteiger partial charge in [-0.05, 0) is 24.6 Å². The molecule has 0 heterocycles. The SMILES string of the molecule is CCN(CCOC)c1ccccc1/C=C/C(=O)O. The number of likely N-dealkylation sites (N-methyl/N-ethyl adjacent to an activating group) is 1. The molecular weight excluding hydrogens is 230 g/mol. The first kappa shape index (κ1) is 14.3. The van der Waals surface area contributed by atoms with E-state index in [1.807, 2.05) is 24.3 Å². The first-order chi connectivity index (χ1) is 8.69. The van der Waals surface area contributed by atoms with Crippen LogP contribution in [0, 0.1) is 0 Å². The average Bonchev–Trinajstić information content (AvgIpc) is 2.38. The minimum atomic E-state index is -0.940. The van der Waals surface area contributed by atoms with Gasteiger partial charge >= 0.3 is 5.97 Å². The molecule has 0 bridgehead atoms. The van der Waals surface area contributed by atoms with E-state index in [1.54, 1.807) is 13.2 Å².